The molecule has 4 rings (SSSR count). The molecule has 7 heteroatoms. The van der Waals surface area contributed by atoms with Crippen molar-refractivity contribution in [2.45, 2.75) is 38.3 Å². The maximum atomic E-state index is 12.5. The van der Waals surface area contributed by atoms with Gasteiger partial charge in [-0.2, -0.15) is 0 Å². The van der Waals surface area contributed by atoms with Crippen molar-refractivity contribution in [1.82, 2.24) is 15.0 Å². The van der Waals surface area contributed by atoms with Gasteiger partial charge in [-0.1, -0.05) is 5.16 Å². The van der Waals surface area contributed by atoms with Crippen molar-refractivity contribution in [2.24, 2.45) is 0 Å². The van der Waals surface area contributed by atoms with E-state index in [9.17, 15) is 4.79 Å². The van der Waals surface area contributed by atoms with Gasteiger partial charge in [-0.25, -0.2) is 0 Å². The lowest BCUT2D eigenvalue weighted by Crippen LogP contribution is -2.63. The fourth-order valence-corrected chi connectivity index (χ4v) is 4.06. The standard InChI is InChI=1S/C17H25N3O4/c1-12-15(13(2)24-18-12)7-16(21)20-10-17(11-20)8-14(9-23-17)19-3-5-22-6-4-19/h14H,3-11H2,1-2H3. The van der Waals surface area contributed by atoms with Crippen LogP contribution in [-0.4, -0.2) is 78.5 Å². The molecule has 3 aliphatic heterocycles. The van der Waals surface area contributed by atoms with Gasteiger partial charge in [0.05, 0.1) is 45.0 Å². The molecule has 0 aliphatic carbocycles. The number of aryl methyl sites for hydroxylation is 2. The molecule has 7 nitrogen and oxygen atoms in total. The molecule has 4 heterocycles. The second kappa shape index (κ2) is 6.13. The van der Waals surface area contributed by atoms with Crippen molar-refractivity contribution in [3.05, 3.63) is 17.0 Å². The number of amides is 1. The lowest BCUT2D eigenvalue weighted by molar-refractivity contribution is -0.157. The lowest BCUT2D eigenvalue weighted by Gasteiger charge is -2.47. The first-order valence-electron chi connectivity index (χ1n) is 8.72. The average molecular weight is 335 g/mol. The van der Waals surface area contributed by atoms with Gasteiger partial charge in [0.2, 0.25) is 5.91 Å². The van der Waals surface area contributed by atoms with E-state index in [0.717, 1.165) is 56.3 Å². The second-order valence-corrected chi connectivity index (χ2v) is 7.23. The Kier molecular flexibility index (Phi) is 4.10. The molecule has 1 atom stereocenters. The van der Waals surface area contributed by atoms with Gasteiger partial charge in [0.15, 0.2) is 0 Å². The molecule has 0 saturated carbocycles. The van der Waals surface area contributed by atoms with Crippen LogP contribution in [0.2, 0.25) is 0 Å². The van der Waals surface area contributed by atoms with E-state index in [1.54, 1.807) is 0 Å². The fraction of sp³-hybridized carbons (Fsp3) is 0.765. The van der Waals surface area contributed by atoms with Gasteiger partial charge in [0.25, 0.3) is 0 Å². The summed E-state index contributed by atoms with van der Waals surface area (Å²) < 4.78 is 16.7. The maximum absolute atomic E-state index is 12.5. The van der Waals surface area contributed by atoms with Gasteiger partial charge < -0.3 is 18.9 Å². The van der Waals surface area contributed by atoms with E-state index in [0.29, 0.717) is 25.6 Å². The molecule has 0 radical (unpaired) electrons. The molecule has 1 aromatic rings. The minimum absolute atomic E-state index is 0.128. The normalized spacial score (nSPS) is 26.8. The summed E-state index contributed by atoms with van der Waals surface area (Å²) >= 11 is 0. The highest BCUT2D eigenvalue weighted by Crippen LogP contribution is 2.37. The number of likely N-dealkylation sites (tertiary alicyclic amines) is 1. The summed E-state index contributed by atoms with van der Waals surface area (Å²) in [5, 5.41) is 3.92. The number of carbonyl (C=O) groups excluding carboxylic acids is 1. The van der Waals surface area contributed by atoms with E-state index < -0.39 is 0 Å². The van der Waals surface area contributed by atoms with Gasteiger partial charge in [-0.05, 0) is 20.3 Å². The Labute approximate surface area is 141 Å². The van der Waals surface area contributed by atoms with Crippen LogP contribution in [-0.2, 0) is 20.7 Å². The van der Waals surface area contributed by atoms with Crippen LogP contribution >= 0.6 is 0 Å². The van der Waals surface area contributed by atoms with Crippen molar-refractivity contribution < 1.29 is 18.8 Å². The SMILES string of the molecule is Cc1noc(C)c1CC(=O)N1CC2(CC(N3CCOCC3)CO2)C1. The van der Waals surface area contributed by atoms with E-state index >= 15 is 0 Å². The predicted molar refractivity (Wildman–Crippen MR) is 85.7 cm³/mol. The van der Waals surface area contributed by atoms with E-state index in [2.05, 4.69) is 10.1 Å². The summed E-state index contributed by atoms with van der Waals surface area (Å²) in [6, 6.07) is 0.466. The van der Waals surface area contributed by atoms with Crippen molar-refractivity contribution in [1.29, 1.82) is 0 Å². The van der Waals surface area contributed by atoms with Crippen molar-refractivity contribution >= 4 is 5.91 Å². The first-order chi connectivity index (χ1) is 11.6. The first-order valence-corrected chi connectivity index (χ1v) is 8.72. The van der Waals surface area contributed by atoms with Crippen LogP contribution in [0.1, 0.15) is 23.4 Å². The molecule has 0 aromatic carbocycles. The van der Waals surface area contributed by atoms with E-state index in [1.165, 1.54) is 0 Å². The number of carbonyl (C=O) groups is 1. The third-order valence-electron chi connectivity index (χ3n) is 5.57. The monoisotopic (exact) mass is 335 g/mol. The summed E-state index contributed by atoms with van der Waals surface area (Å²) in [6.07, 6.45) is 1.38. The quantitative estimate of drug-likeness (QED) is 0.803. The van der Waals surface area contributed by atoms with Gasteiger partial charge in [0, 0.05) is 24.7 Å². The molecule has 132 valence electrons. The van der Waals surface area contributed by atoms with E-state index in [-0.39, 0.29) is 11.5 Å². The molecule has 1 amide bonds. The van der Waals surface area contributed by atoms with E-state index in [1.807, 2.05) is 18.7 Å². The maximum Gasteiger partial charge on any atom is 0.227 e. The van der Waals surface area contributed by atoms with Crippen molar-refractivity contribution in [3.8, 4) is 0 Å². The van der Waals surface area contributed by atoms with Gasteiger partial charge in [0.1, 0.15) is 11.4 Å². The first kappa shape index (κ1) is 16.1. The van der Waals surface area contributed by atoms with Gasteiger partial charge in [-0.3, -0.25) is 9.69 Å². The highest BCUT2D eigenvalue weighted by Gasteiger charge is 2.52. The molecule has 0 N–H and O–H groups in total. The number of hydrogen-bond acceptors (Lipinski definition) is 6. The molecular weight excluding hydrogens is 310 g/mol. The minimum Gasteiger partial charge on any atom is -0.379 e. The third-order valence-corrected chi connectivity index (χ3v) is 5.57. The summed E-state index contributed by atoms with van der Waals surface area (Å²) in [5.41, 5.74) is 1.59. The van der Waals surface area contributed by atoms with Crippen LogP contribution in [0.5, 0.6) is 0 Å². The van der Waals surface area contributed by atoms with Crippen LogP contribution in [0.4, 0.5) is 0 Å². The third kappa shape index (κ3) is 2.85. The number of hydrogen-bond donors (Lipinski definition) is 0. The Morgan fingerprint density at radius 2 is 2.04 bits per heavy atom. The Balaban J connectivity index is 1.30. The molecule has 24 heavy (non-hydrogen) atoms. The Morgan fingerprint density at radius 3 is 2.71 bits per heavy atom. The van der Waals surface area contributed by atoms with Crippen LogP contribution in [0.3, 0.4) is 0 Å². The van der Waals surface area contributed by atoms with Gasteiger partial charge in [-0.15, -0.1) is 0 Å². The molecule has 3 aliphatic rings. The molecule has 1 spiro atoms. The van der Waals surface area contributed by atoms with Crippen LogP contribution in [0.15, 0.2) is 4.52 Å². The zero-order valence-corrected chi connectivity index (χ0v) is 14.4. The Bertz CT molecular complexity index is 598. The molecule has 1 unspecified atom stereocenters. The largest absolute Gasteiger partial charge is 0.379 e. The molecule has 1 aromatic heterocycles. The number of nitrogens with zero attached hydrogens (tertiary/aromatic N) is 3. The predicted octanol–water partition coefficient (Wildman–Crippen LogP) is 0.536. The average Bonchev–Trinajstić information content (AvgIpc) is 3.14. The van der Waals surface area contributed by atoms with Crippen LogP contribution in [0.25, 0.3) is 0 Å². The van der Waals surface area contributed by atoms with Crippen molar-refractivity contribution in [2.75, 3.05) is 46.0 Å². The summed E-state index contributed by atoms with van der Waals surface area (Å²) in [6.45, 7) is 9.50. The smallest absolute Gasteiger partial charge is 0.227 e. The van der Waals surface area contributed by atoms with Gasteiger partial charge >= 0.3 is 0 Å². The number of aromatic nitrogens is 1. The number of ether oxygens (including phenoxy) is 2. The summed E-state index contributed by atoms with van der Waals surface area (Å²) in [7, 11) is 0. The topological polar surface area (TPSA) is 68.0 Å². The van der Waals surface area contributed by atoms with Crippen LogP contribution in [0, 0.1) is 13.8 Å². The Morgan fingerprint density at radius 1 is 1.29 bits per heavy atom. The molecular formula is C17H25N3O4. The highest BCUT2D eigenvalue weighted by molar-refractivity contribution is 5.80. The van der Waals surface area contributed by atoms with Crippen LogP contribution < -0.4 is 0 Å². The number of morpholine rings is 1. The minimum atomic E-state index is -0.128. The highest BCUT2D eigenvalue weighted by atomic mass is 16.5. The zero-order chi connectivity index (χ0) is 16.7. The fourth-order valence-electron chi connectivity index (χ4n) is 4.06. The summed E-state index contributed by atoms with van der Waals surface area (Å²) in [5.74, 6) is 0.869. The molecule has 3 fully saturated rings. The van der Waals surface area contributed by atoms with Crippen molar-refractivity contribution in [3.63, 3.8) is 0 Å². The summed E-state index contributed by atoms with van der Waals surface area (Å²) in [4.78, 5) is 16.9. The molecule has 0 bridgehead atoms. The lowest BCUT2D eigenvalue weighted by atomic mass is 9.88. The second-order valence-electron chi connectivity index (χ2n) is 7.23. The van der Waals surface area contributed by atoms with E-state index in [4.69, 9.17) is 14.0 Å². The number of rotatable bonds is 3. The zero-order valence-electron chi connectivity index (χ0n) is 14.4. The molecule has 3 saturated heterocycles. The Hall–Kier alpha value is -1.44.